The van der Waals surface area contributed by atoms with Crippen molar-refractivity contribution in [1.82, 2.24) is 10.2 Å². The van der Waals surface area contributed by atoms with Gasteiger partial charge in [0.15, 0.2) is 0 Å². The van der Waals surface area contributed by atoms with E-state index in [0.717, 1.165) is 3.57 Å². The molecule has 228 valence electrons. The summed E-state index contributed by atoms with van der Waals surface area (Å²) in [5.74, 6) is -1.17. The molecule has 0 saturated heterocycles. The normalized spacial score (nSPS) is 18.0. The number of para-hydroxylation sites is 2. The van der Waals surface area contributed by atoms with E-state index in [9.17, 15) is 29.0 Å². The van der Waals surface area contributed by atoms with Crippen LogP contribution in [-0.2, 0) is 11.2 Å². The van der Waals surface area contributed by atoms with Gasteiger partial charge in [0, 0.05) is 30.5 Å². The van der Waals surface area contributed by atoms with Crippen LogP contribution in [0.4, 0.5) is 4.39 Å². The number of aliphatic hydroxyl groups excluding tert-OH is 2. The van der Waals surface area contributed by atoms with Crippen molar-refractivity contribution >= 4 is 45.4 Å². The Balaban J connectivity index is 1.55. The van der Waals surface area contributed by atoms with Gasteiger partial charge in [-0.1, -0.05) is 42.5 Å². The molecule has 3 aromatic carbocycles. The van der Waals surface area contributed by atoms with E-state index in [1.165, 1.54) is 29.2 Å². The average Bonchev–Trinajstić information content (AvgIpc) is 3.02. The monoisotopic (exact) mass is 712 g/mol. The van der Waals surface area contributed by atoms with E-state index in [1.807, 2.05) is 12.1 Å². The number of ether oxygens (including phenoxy) is 1. The highest BCUT2D eigenvalue weighted by Gasteiger charge is 2.41. The number of rotatable bonds is 10. The second kappa shape index (κ2) is 14.1. The smallest absolute Gasteiger partial charge is 0.349 e. The maximum Gasteiger partial charge on any atom is 0.349 e. The van der Waals surface area contributed by atoms with E-state index in [4.69, 9.17) is 9.15 Å². The molecule has 3 N–H and O–H groups in total. The molecule has 4 aromatic rings. The Bertz CT molecular complexity index is 1760. The van der Waals surface area contributed by atoms with Crippen molar-refractivity contribution in [3.63, 3.8) is 0 Å². The van der Waals surface area contributed by atoms with E-state index in [0.29, 0.717) is 22.3 Å². The maximum atomic E-state index is 14.2. The molecular formula is C33H30FIN2O7. The molecule has 1 aromatic heterocycles. The molecule has 1 aliphatic carbocycles. The quantitative estimate of drug-likeness (QED) is 0.169. The van der Waals surface area contributed by atoms with Gasteiger partial charge in [0.25, 0.3) is 5.91 Å². The molecule has 0 unspecified atom stereocenters. The largest absolute Gasteiger partial charge is 0.482 e. The molecule has 0 bridgehead atoms. The summed E-state index contributed by atoms with van der Waals surface area (Å²) >= 11 is 2.10. The first kappa shape index (κ1) is 31.4. The number of benzene rings is 3. The summed E-state index contributed by atoms with van der Waals surface area (Å²) in [6.45, 7) is -0.285. The Morgan fingerprint density at radius 2 is 1.84 bits per heavy atom. The molecule has 0 radical (unpaired) electrons. The number of fused-ring (bicyclic) bond motifs is 1. The average molecular weight is 713 g/mol. The predicted octanol–water partition coefficient (Wildman–Crippen LogP) is 3.84. The number of halogens is 2. The van der Waals surface area contributed by atoms with Crippen molar-refractivity contribution in [3.8, 4) is 5.75 Å². The zero-order valence-electron chi connectivity index (χ0n) is 23.5. The van der Waals surface area contributed by atoms with Gasteiger partial charge < -0.3 is 29.6 Å². The topological polar surface area (TPSA) is 129 Å². The highest BCUT2D eigenvalue weighted by Crippen LogP contribution is 2.30. The van der Waals surface area contributed by atoms with Crippen LogP contribution in [0.25, 0.3) is 11.0 Å². The zero-order chi connectivity index (χ0) is 31.2. The maximum absolute atomic E-state index is 14.2. The van der Waals surface area contributed by atoms with Crippen LogP contribution in [0.5, 0.6) is 5.75 Å². The Morgan fingerprint density at radius 3 is 2.61 bits per heavy atom. The summed E-state index contributed by atoms with van der Waals surface area (Å²) < 4.78 is 26.4. The molecule has 5 rings (SSSR count). The number of hydrogen-bond acceptors (Lipinski definition) is 7. The second-order valence-electron chi connectivity index (χ2n) is 10.3. The molecule has 11 heteroatoms. The molecule has 0 saturated carbocycles. The minimum absolute atomic E-state index is 0.00581. The number of nitrogens with zero attached hydrogens (tertiary/aromatic N) is 1. The van der Waals surface area contributed by atoms with Gasteiger partial charge in [-0.3, -0.25) is 9.59 Å². The third-order valence-electron chi connectivity index (χ3n) is 7.38. The predicted molar refractivity (Wildman–Crippen MR) is 170 cm³/mol. The molecule has 9 nitrogen and oxygen atoms in total. The summed E-state index contributed by atoms with van der Waals surface area (Å²) in [6, 6.07) is 20.3. The highest BCUT2D eigenvalue weighted by atomic mass is 127. The van der Waals surface area contributed by atoms with Gasteiger partial charge in [0.05, 0.1) is 16.2 Å². The number of aliphatic hydroxyl groups is 2. The lowest BCUT2D eigenvalue weighted by Gasteiger charge is -2.40. The molecule has 1 heterocycles. The van der Waals surface area contributed by atoms with Crippen LogP contribution < -0.4 is 15.7 Å². The van der Waals surface area contributed by atoms with E-state index >= 15 is 0 Å². The lowest BCUT2D eigenvalue weighted by molar-refractivity contribution is -0.118. The van der Waals surface area contributed by atoms with Crippen molar-refractivity contribution in [2.24, 2.45) is 0 Å². The fraction of sp³-hybridized carbons (Fsp3) is 0.242. The van der Waals surface area contributed by atoms with Gasteiger partial charge >= 0.3 is 5.63 Å². The first-order chi connectivity index (χ1) is 21.2. The molecular weight excluding hydrogens is 682 g/mol. The lowest BCUT2D eigenvalue weighted by atomic mass is 9.87. The summed E-state index contributed by atoms with van der Waals surface area (Å²) in [4.78, 5) is 41.7. The molecule has 44 heavy (non-hydrogen) atoms. The number of carbonyl (C=O) groups is 2. The van der Waals surface area contributed by atoms with Gasteiger partial charge in [0.2, 0.25) is 5.91 Å². The SMILES string of the molecule is O=C(NCCO)C1=C[C@H](Oc2ccccc2I)[C@@H](O)[C@H](N(CCc2cccc(F)c2)C(=O)c2cc3ccccc3oc2=O)C1. The summed E-state index contributed by atoms with van der Waals surface area (Å²) in [6.07, 6.45) is -0.723. The molecule has 1 aliphatic rings. The van der Waals surface area contributed by atoms with Gasteiger partial charge in [0.1, 0.15) is 34.9 Å². The van der Waals surface area contributed by atoms with Gasteiger partial charge in [-0.05, 0) is 77.0 Å². The van der Waals surface area contributed by atoms with Gasteiger partial charge in [-0.15, -0.1) is 0 Å². The standard InChI is InChI=1S/C33H30FIN2O7/c34-23-8-5-6-20(16-23)12-14-37(32(41)24-17-21-7-1-3-10-27(21)44-33(24)42)26-18-22(31(40)36-13-15-38)19-29(30(26)39)43-28-11-4-2-9-25(28)35/h1-11,16-17,19,26,29-30,38-39H,12-15,18H2,(H,36,40)/t26-,29+,30+/m1/s1. The van der Waals surface area contributed by atoms with Crippen LogP contribution in [0.1, 0.15) is 22.3 Å². The summed E-state index contributed by atoms with van der Waals surface area (Å²) in [5, 5.41) is 24.1. The van der Waals surface area contributed by atoms with Crippen molar-refractivity contribution in [2.45, 2.75) is 31.1 Å². The Labute approximate surface area is 266 Å². The van der Waals surface area contributed by atoms with Gasteiger partial charge in [-0.25, -0.2) is 9.18 Å². The second-order valence-corrected chi connectivity index (χ2v) is 11.5. The third kappa shape index (κ3) is 7.17. The van der Waals surface area contributed by atoms with Crippen LogP contribution in [0, 0.1) is 9.39 Å². The number of hydrogen-bond donors (Lipinski definition) is 3. The van der Waals surface area contributed by atoms with Gasteiger partial charge in [-0.2, -0.15) is 0 Å². The van der Waals surface area contributed by atoms with Crippen LogP contribution in [-0.4, -0.2) is 64.9 Å². The fourth-order valence-corrected chi connectivity index (χ4v) is 5.71. The van der Waals surface area contributed by atoms with Crippen LogP contribution >= 0.6 is 22.6 Å². The van der Waals surface area contributed by atoms with E-state index in [1.54, 1.807) is 48.5 Å². The first-order valence-electron chi connectivity index (χ1n) is 14.0. The van der Waals surface area contributed by atoms with Crippen molar-refractivity contribution in [3.05, 3.63) is 121 Å². The van der Waals surface area contributed by atoms with Crippen LogP contribution in [0.2, 0.25) is 0 Å². The zero-order valence-corrected chi connectivity index (χ0v) is 25.6. The number of amides is 2. The van der Waals surface area contributed by atoms with E-state index in [2.05, 4.69) is 27.9 Å². The Hall–Kier alpha value is -4.07. The molecule has 0 aliphatic heterocycles. The molecule has 0 spiro atoms. The molecule has 0 fully saturated rings. The summed E-state index contributed by atoms with van der Waals surface area (Å²) in [5.41, 5.74) is 0.0548. The van der Waals surface area contributed by atoms with Crippen molar-refractivity contribution in [1.29, 1.82) is 0 Å². The summed E-state index contributed by atoms with van der Waals surface area (Å²) in [7, 11) is 0. The Morgan fingerprint density at radius 1 is 1.07 bits per heavy atom. The fourth-order valence-electron chi connectivity index (χ4n) is 5.19. The first-order valence-corrected chi connectivity index (χ1v) is 15.1. The molecule has 3 atom stereocenters. The minimum atomic E-state index is -1.32. The Kier molecular flexibility index (Phi) is 10.1. The number of carbonyl (C=O) groups excluding carboxylic acids is 2. The van der Waals surface area contributed by atoms with Crippen LogP contribution in [0.15, 0.2) is 99.7 Å². The van der Waals surface area contributed by atoms with E-state index in [-0.39, 0.29) is 43.7 Å². The van der Waals surface area contributed by atoms with Crippen LogP contribution in [0.3, 0.4) is 0 Å². The van der Waals surface area contributed by atoms with Crippen molar-refractivity contribution in [2.75, 3.05) is 19.7 Å². The lowest BCUT2D eigenvalue weighted by Crippen LogP contribution is -2.56. The van der Waals surface area contributed by atoms with E-state index < -0.39 is 41.5 Å². The highest BCUT2D eigenvalue weighted by molar-refractivity contribution is 14.1. The van der Waals surface area contributed by atoms with Crippen molar-refractivity contribution < 1.29 is 33.3 Å². The number of nitrogens with one attached hydrogen (secondary N) is 1. The minimum Gasteiger partial charge on any atom is -0.482 e. The molecule has 2 amide bonds. The third-order valence-corrected chi connectivity index (χ3v) is 8.27.